The van der Waals surface area contributed by atoms with Crippen molar-refractivity contribution in [1.82, 2.24) is 10.6 Å². The zero-order valence-corrected chi connectivity index (χ0v) is 13.7. The van der Waals surface area contributed by atoms with Crippen molar-refractivity contribution in [3.05, 3.63) is 29.8 Å². The van der Waals surface area contributed by atoms with Gasteiger partial charge in [-0.1, -0.05) is 19.1 Å². The zero-order valence-electron chi connectivity index (χ0n) is 12.9. The van der Waals surface area contributed by atoms with E-state index in [1.54, 1.807) is 11.8 Å². The number of carbonyl (C=O) groups excluding carboxylic acids is 1. The van der Waals surface area contributed by atoms with Gasteiger partial charge in [-0.05, 0) is 51.4 Å². The molecule has 0 aliphatic rings. The molecule has 1 atom stereocenters. The van der Waals surface area contributed by atoms with Crippen LogP contribution in [0.25, 0.3) is 0 Å². The Morgan fingerprint density at radius 3 is 2.70 bits per heavy atom. The average molecular weight is 294 g/mol. The molecule has 0 saturated heterocycles. The predicted octanol–water partition coefficient (Wildman–Crippen LogP) is 3.19. The minimum absolute atomic E-state index is 0.0729. The average Bonchev–Trinajstić information content (AvgIpc) is 2.38. The maximum Gasteiger partial charge on any atom is 0.233 e. The molecule has 4 heteroatoms. The quantitative estimate of drug-likeness (QED) is 0.571. The molecule has 1 unspecified atom stereocenters. The Bertz CT molecular complexity index is 421. The fourth-order valence-electron chi connectivity index (χ4n) is 1.80. The summed E-state index contributed by atoms with van der Waals surface area (Å²) in [7, 11) is 0. The van der Waals surface area contributed by atoms with Crippen LogP contribution in [0, 0.1) is 0 Å². The molecule has 0 saturated carbocycles. The molecule has 0 aromatic heterocycles. The largest absolute Gasteiger partial charge is 0.353 e. The van der Waals surface area contributed by atoms with Crippen LogP contribution in [0.5, 0.6) is 0 Å². The second kappa shape index (κ2) is 9.03. The van der Waals surface area contributed by atoms with Gasteiger partial charge in [-0.15, -0.1) is 11.8 Å². The van der Waals surface area contributed by atoms with Crippen LogP contribution in [0.15, 0.2) is 29.2 Å². The highest BCUT2D eigenvalue weighted by atomic mass is 32.2. The van der Waals surface area contributed by atoms with Crippen LogP contribution in [0.2, 0.25) is 0 Å². The van der Waals surface area contributed by atoms with Crippen LogP contribution in [-0.4, -0.2) is 23.7 Å². The first-order valence-electron chi connectivity index (χ1n) is 7.29. The second-order valence-corrected chi connectivity index (χ2v) is 6.66. The third-order valence-corrected chi connectivity index (χ3v) is 3.86. The van der Waals surface area contributed by atoms with Gasteiger partial charge < -0.3 is 10.6 Å². The molecule has 1 aromatic rings. The first kappa shape index (κ1) is 17.1. The van der Waals surface area contributed by atoms with Gasteiger partial charge in [0.2, 0.25) is 5.91 Å². The lowest BCUT2D eigenvalue weighted by Crippen LogP contribution is -2.35. The number of amides is 1. The van der Waals surface area contributed by atoms with Crippen molar-refractivity contribution in [3.8, 4) is 0 Å². The van der Waals surface area contributed by atoms with E-state index in [9.17, 15) is 4.79 Å². The number of benzene rings is 1. The molecule has 0 heterocycles. The van der Waals surface area contributed by atoms with Crippen molar-refractivity contribution in [1.29, 1.82) is 0 Å². The van der Waals surface area contributed by atoms with E-state index in [-0.39, 0.29) is 17.2 Å². The molecule has 2 N–H and O–H groups in total. The lowest BCUT2D eigenvalue weighted by atomic mass is 10.2. The Balaban J connectivity index is 2.54. The van der Waals surface area contributed by atoms with Crippen molar-refractivity contribution < 1.29 is 4.79 Å². The van der Waals surface area contributed by atoms with Gasteiger partial charge in [0, 0.05) is 17.5 Å². The van der Waals surface area contributed by atoms with Gasteiger partial charge in [-0.25, -0.2) is 0 Å². The SMILES string of the molecule is CCCNCc1cccc(SC(C)C(=O)NC(C)C)c1. The fourth-order valence-corrected chi connectivity index (χ4v) is 2.76. The van der Waals surface area contributed by atoms with Gasteiger partial charge in [0.05, 0.1) is 5.25 Å². The molecule has 0 fully saturated rings. The van der Waals surface area contributed by atoms with Crippen LogP contribution < -0.4 is 10.6 Å². The summed E-state index contributed by atoms with van der Waals surface area (Å²) in [5.41, 5.74) is 1.26. The van der Waals surface area contributed by atoms with E-state index in [0.717, 1.165) is 24.4 Å². The Kier molecular flexibility index (Phi) is 7.70. The molecule has 1 amide bonds. The van der Waals surface area contributed by atoms with Crippen molar-refractivity contribution >= 4 is 17.7 Å². The van der Waals surface area contributed by atoms with E-state index >= 15 is 0 Å². The number of thioether (sulfide) groups is 1. The molecule has 1 aromatic carbocycles. The van der Waals surface area contributed by atoms with E-state index < -0.39 is 0 Å². The maximum absolute atomic E-state index is 11.9. The van der Waals surface area contributed by atoms with E-state index in [2.05, 4.69) is 41.8 Å². The van der Waals surface area contributed by atoms with Crippen molar-refractivity contribution in [2.45, 2.75) is 56.8 Å². The van der Waals surface area contributed by atoms with Gasteiger partial charge in [-0.3, -0.25) is 4.79 Å². The lowest BCUT2D eigenvalue weighted by molar-refractivity contribution is -0.120. The topological polar surface area (TPSA) is 41.1 Å². The van der Waals surface area contributed by atoms with Crippen LogP contribution in [-0.2, 0) is 11.3 Å². The Hall–Kier alpha value is -1.00. The van der Waals surface area contributed by atoms with Gasteiger partial charge in [0.25, 0.3) is 0 Å². The summed E-state index contributed by atoms with van der Waals surface area (Å²) in [5, 5.41) is 6.27. The first-order chi connectivity index (χ1) is 9.52. The number of nitrogens with one attached hydrogen (secondary N) is 2. The molecule has 0 bridgehead atoms. The summed E-state index contributed by atoms with van der Waals surface area (Å²) in [5.74, 6) is 0.0968. The van der Waals surface area contributed by atoms with Crippen LogP contribution >= 0.6 is 11.8 Å². The summed E-state index contributed by atoms with van der Waals surface area (Å²) in [6, 6.07) is 8.58. The maximum atomic E-state index is 11.9. The second-order valence-electron chi connectivity index (χ2n) is 5.25. The van der Waals surface area contributed by atoms with Gasteiger partial charge in [-0.2, -0.15) is 0 Å². The fraction of sp³-hybridized carbons (Fsp3) is 0.562. The minimum atomic E-state index is -0.0729. The Labute approximate surface area is 126 Å². The predicted molar refractivity (Wildman–Crippen MR) is 87.0 cm³/mol. The molecule has 0 aliphatic heterocycles. The van der Waals surface area contributed by atoms with E-state index in [0.29, 0.717) is 0 Å². The number of hydrogen-bond acceptors (Lipinski definition) is 3. The zero-order chi connectivity index (χ0) is 15.0. The van der Waals surface area contributed by atoms with Crippen molar-refractivity contribution in [2.24, 2.45) is 0 Å². The summed E-state index contributed by atoms with van der Waals surface area (Å²) in [6.45, 7) is 9.99. The summed E-state index contributed by atoms with van der Waals surface area (Å²) >= 11 is 1.61. The molecule has 0 spiro atoms. The van der Waals surface area contributed by atoms with Crippen molar-refractivity contribution in [3.63, 3.8) is 0 Å². The number of hydrogen-bond donors (Lipinski definition) is 2. The van der Waals surface area contributed by atoms with E-state index in [4.69, 9.17) is 0 Å². The summed E-state index contributed by atoms with van der Waals surface area (Å²) in [6.07, 6.45) is 1.14. The molecule has 20 heavy (non-hydrogen) atoms. The minimum Gasteiger partial charge on any atom is -0.353 e. The Morgan fingerprint density at radius 1 is 1.30 bits per heavy atom. The Morgan fingerprint density at radius 2 is 2.05 bits per heavy atom. The first-order valence-corrected chi connectivity index (χ1v) is 8.17. The summed E-state index contributed by atoms with van der Waals surface area (Å²) in [4.78, 5) is 13.1. The van der Waals surface area contributed by atoms with Crippen LogP contribution in [0.3, 0.4) is 0 Å². The number of rotatable bonds is 8. The normalized spacial score (nSPS) is 12.4. The van der Waals surface area contributed by atoms with Gasteiger partial charge >= 0.3 is 0 Å². The highest BCUT2D eigenvalue weighted by molar-refractivity contribution is 8.00. The molecule has 0 radical (unpaired) electrons. The molecule has 3 nitrogen and oxygen atoms in total. The van der Waals surface area contributed by atoms with Gasteiger partial charge in [0.1, 0.15) is 0 Å². The monoisotopic (exact) mass is 294 g/mol. The van der Waals surface area contributed by atoms with E-state index in [1.165, 1.54) is 5.56 Å². The summed E-state index contributed by atoms with van der Waals surface area (Å²) < 4.78 is 0. The smallest absolute Gasteiger partial charge is 0.233 e. The number of carbonyl (C=O) groups is 1. The van der Waals surface area contributed by atoms with Gasteiger partial charge in [0.15, 0.2) is 0 Å². The standard InChI is InChI=1S/C16H26N2OS/c1-5-9-17-11-14-7-6-8-15(10-14)20-13(4)16(19)18-12(2)3/h6-8,10,12-13,17H,5,9,11H2,1-4H3,(H,18,19). The molecular formula is C16H26N2OS. The van der Waals surface area contributed by atoms with E-state index in [1.807, 2.05) is 20.8 Å². The third-order valence-electron chi connectivity index (χ3n) is 2.77. The molecule has 0 aliphatic carbocycles. The van der Waals surface area contributed by atoms with Crippen LogP contribution in [0.1, 0.15) is 39.7 Å². The third kappa shape index (κ3) is 6.44. The van der Waals surface area contributed by atoms with Crippen molar-refractivity contribution in [2.75, 3.05) is 6.54 Å². The molecular weight excluding hydrogens is 268 g/mol. The highest BCUT2D eigenvalue weighted by Gasteiger charge is 2.14. The molecule has 112 valence electrons. The van der Waals surface area contributed by atoms with Crippen LogP contribution in [0.4, 0.5) is 0 Å². The lowest BCUT2D eigenvalue weighted by Gasteiger charge is -2.14. The highest BCUT2D eigenvalue weighted by Crippen LogP contribution is 2.24. The molecule has 1 rings (SSSR count).